The van der Waals surface area contributed by atoms with Gasteiger partial charge in [-0.2, -0.15) is 0 Å². The van der Waals surface area contributed by atoms with Crippen molar-refractivity contribution >= 4 is 43.9 Å². The SMILES string of the molecule is [CH3][Sn]([CH3])([CH3])[c]1cnc[c]([Sn]([CH3])([CH3])[CH3])c1. The molecule has 0 radical (unpaired) electrons. The van der Waals surface area contributed by atoms with E-state index in [0.717, 1.165) is 0 Å². The second-order valence-electron chi connectivity index (χ2n) is 5.96. The zero-order valence-electron chi connectivity index (χ0n) is 10.2. The van der Waals surface area contributed by atoms with Gasteiger partial charge in [-0.25, -0.2) is 0 Å². The number of pyridine rings is 1. The average Bonchev–Trinajstić information content (AvgIpc) is 2.01. The van der Waals surface area contributed by atoms with Crippen LogP contribution in [0.5, 0.6) is 0 Å². The summed E-state index contributed by atoms with van der Waals surface area (Å²) in [5.74, 6) is 0. The van der Waals surface area contributed by atoms with E-state index in [-0.39, 0.29) is 0 Å². The molecule has 0 aliphatic heterocycles. The van der Waals surface area contributed by atoms with Crippen LogP contribution in [0.3, 0.4) is 0 Å². The first-order chi connectivity index (χ1) is 6.21. The molecule has 1 rings (SSSR count). The van der Waals surface area contributed by atoms with Crippen molar-refractivity contribution in [3.8, 4) is 0 Å². The normalized spacial score (nSPS) is 13.0. The minimum absolute atomic E-state index is 1.57. The quantitative estimate of drug-likeness (QED) is 0.689. The van der Waals surface area contributed by atoms with Gasteiger partial charge < -0.3 is 0 Å². The third-order valence-electron chi connectivity index (χ3n) is 2.47. The van der Waals surface area contributed by atoms with Gasteiger partial charge in [-0.1, -0.05) is 0 Å². The van der Waals surface area contributed by atoms with Gasteiger partial charge in [0.2, 0.25) is 0 Å². The summed E-state index contributed by atoms with van der Waals surface area (Å²) in [4.78, 5) is 19.1. The molecule has 1 aromatic heterocycles. The monoisotopic (exact) mass is 407 g/mol. The fourth-order valence-electron chi connectivity index (χ4n) is 1.26. The second kappa shape index (κ2) is 4.32. The molecule has 78 valence electrons. The Morgan fingerprint density at radius 1 is 0.786 bits per heavy atom. The zero-order chi connectivity index (χ0) is 11.0. The number of hydrogen-bond donors (Lipinski definition) is 0. The van der Waals surface area contributed by atoms with E-state index in [1.54, 1.807) is 7.16 Å². The molecule has 0 saturated carbocycles. The van der Waals surface area contributed by atoms with Gasteiger partial charge in [0.05, 0.1) is 0 Å². The van der Waals surface area contributed by atoms with Crippen LogP contribution in [0.2, 0.25) is 29.6 Å². The van der Waals surface area contributed by atoms with Gasteiger partial charge in [0.1, 0.15) is 0 Å². The molecule has 0 aromatic carbocycles. The van der Waals surface area contributed by atoms with E-state index in [0.29, 0.717) is 0 Å². The van der Waals surface area contributed by atoms with Crippen molar-refractivity contribution in [3.05, 3.63) is 18.5 Å². The molecule has 0 N–H and O–H groups in total. The molecule has 0 atom stereocenters. The summed E-state index contributed by atoms with van der Waals surface area (Å²) in [6.45, 7) is 0. The van der Waals surface area contributed by atoms with E-state index in [9.17, 15) is 0 Å². The summed E-state index contributed by atoms with van der Waals surface area (Å²) in [7, 11) is 0. The fraction of sp³-hybridized carbons (Fsp3) is 0.545. The summed E-state index contributed by atoms with van der Waals surface area (Å²) in [6, 6.07) is 2.46. The van der Waals surface area contributed by atoms with E-state index in [1.165, 1.54) is 0 Å². The second-order valence-corrected chi connectivity index (χ2v) is 34.9. The molecule has 1 nitrogen and oxygen atoms in total. The van der Waals surface area contributed by atoms with Crippen molar-refractivity contribution in [1.29, 1.82) is 0 Å². The number of rotatable bonds is 2. The van der Waals surface area contributed by atoms with Crippen LogP contribution in [0.25, 0.3) is 0 Å². The first-order valence-corrected chi connectivity index (χ1v) is 25.1. The summed E-state index contributed by atoms with van der Waals surface area (Å²) >= 11 is -3.77. The molecule has 0 fully saturated rings. The van der Waals surface area contributed by atoms with Gasteiger partial charge in [-0.05, 0) is 0 Å². The first kappa shape index (κ1) is 12.8. The Labute approximate surface area is 96.1 Å². The predicted octanol–water partition coefficient (Wildman–Crippen LogP) is 2.17. The van der Waals surface area contributed by atoms with Crippen molar-refractivity contribution < 1.29 is 0 Å². The van der Waals surface area contributed by atoms with Crippen molar-refractivity contribution in [2.45, 2.75) is 29.6 Å². The van der Waals surface area contributed by atoms with Crippen LogP contribution < -0.4 is 7.16 Å². The molecular formula is C11H21NSn2. The van der Waals surface area contributed by atoms with Gasteiger partial charge in [-0.3, -0.25) is 0 Å². The van der Waals surface area contributed by atoms with E-state index < -0.39 is 36.8 Å². The summed E-state index contributed by atoms with van der Waals surface area (Å²) in [6.07, 6.45) is 4.19. The first-order valence-electron chi connectivity index (χ1n) is 5.17. The topological polar surface area (TPSA) is 12.9 Å². The van der Waals surface area contributed by atoms with E-state index >= 15 is 0 Å². The molecule has 0 aliphatic rings. The number of aromatic nitrogens is 1. The Hall–Kier alpha value is 0.747. The number of nitrogens with zero attached hydrogens (tertiary/aromatic N) is 1. The van der Waals surface area contributed by atoms with Crippen LogP contribution in [0.15, 0.2) is 18.5 Å². The molecule has 0 unspecified atom stereocenters. The van der Waals surface area contributed by atoms with Crippen molar-refractivity contribution in [2.75, 3.05) is 0 Å². The van der Waals surface area contributed by atoms with Crippen LogP contribution >= 0.6 is 0 Å². The average molecular weight is 405 g/mol. The molecule has 3 heteroatoms. The van der Waals surface area contributed by atoms with E-state index in [2.05, 4.69) is 53.1 Å². The maximum absolute atomic E-state index is 4.42. The van der Waals surface area contributed by atoms with Crippen LogP contribution in [0.1, 0.15) is 0 Å². The molecule has 0 spiro atoms. The maximum atomic E-state index is 4.42. The fourth-order valence-corrected chi connectivity index (χ4v) is 8.43. The van der Waals surface area contributed by atoms with Crippen LogP contribution in [0.4, 0.5) is 0 Å². The Bertz CT molecular complexity index is 292. The molecule has 0 saturated heterocycles. The minimum atomic E-state index is -1.89. The Kier molecular flexibility index (Phi) is 3.95. The Morgan fingerprint density at radius 3 is 1.43 bits per heavy atom. The third-order valence-corrected chi connectivity index (χ3v) is 13.9. The van der Waals surface area contributed by atoms with Crippen molar-refractivity contribution in [2.24, 2.45) is 0 Å². The van der Waals surface area contributed by atoms with Gasteiger partial charge in [0.15, 0.2) is 0 Å². The third kappa shape index (κ3) is 3.40. The van der Waals surface area contributed by atoms with E-state index in [1.807, 2.05) is 0 Å². The Balaban J connectivity index is 3.15. The molecule has 1 heterocycles. The van der Waals surface area contributed by atoms with Crippen LogP contribution in [-0.4, -0.2) is 41.7 Å². The summed E-state index contributed by atoms with van der Waals surface area (Å²) < 4.78 is 3.15. The molecule has 0 amide bonds. The van der Waals surface area contributed by atoms with Crippen molar-refractivity contribution in [3.63, 3.8) is 0 Å². The Morgan fingerprint density at radius 2 is 1.14 bits per heavy atom. The molecule has 1 aromatic rings. The van der Waals surface area contributed by atoms with Gasteiger partial charge in [0.25, 0.3) is 0 Å². The predicted molar refractivity (Wildman–Crippen MR) is 70.2 cm³/mol. The van der Waals surface area contributed by atoms with Gasteiger partial charge in [-0.15, -0.1) is 0 Å². The van der Waals surface area contributed by atoms with Crippen LogP contribution in [0, 0.1) is 0 Å². The van der Waals surface area contributed by atoms with Crippen molar-refractivity contribution in [1.82, 2.24) is 4.98 Å². The molecule has 0 bridgehead atoms. The standard InChI is InChI=1S/C5H3N.6CH3.2Sn/c1-2-4-6-5-3-1;;;;;;;;/h1,4-5H;6*1H3;;. The zero-order valence-corrected chi connectivity index (χ0v) is 15.9. The summed E-state index contributed by atoms with van der Waals surface area (Å²) in [5, 5.41) is 0. The van der Waals surface area contributed by atoms with Gasteiger partial charge >= 0.3 is 97.0 Å². The van der Waals surface area contributed by atoms with Gasteiger partial charge in [0, 0.05) is 0 Å². The number of hydrogen-bond acceptors (Lipinski definition) is 1. The summed E-state index contributed by atoms with van der Waals surface area (Å²) in [5.41, 5.74) is 0. The molecule has 0 aliphatic carbocycles. The molecule has 14 heavy (non-hydrogen) atoms. The van der Waals surface area contributed by atoms with Crippen LogP contribution in [-0.2, 0) is 0 Å². The van der Waals surface area contributed by atoms with E-state index in [4.69, 9.17) is 0 Å². The molecular weight excluding hydrogens is 384 g/mol.